The van der Waals surface area contributed by atoms with Gasteiger partial charge in [0.05, 0.1) is 4.88 Å². The van der Waals surface area contributed by atoms with E-state index in [1.807, 2.05) is 4.90 Å². The van der Waals surface area contributed by atoms with Crippen molar-refractivity contribution in [3.63, 3.8) is 0 Å². The lowest BCUT2D eigenvalue weighted by Crippen LogP contribution is -2.33. The average molecular weight is 287 g/mol. The third-order valence-electron chi connectivity index (χ3n) is 3.58. The van der Waals surface area contributed by atoms with E-state index >= 15 is 0 Å². The molecule has 3 nitrogen and oxygen atoms in total. The number of thiophene rings is 1. The maximum Gasteiger partial charge on any atom is 0.263 e. The summed E-state index contributed by atoms with van der Waals surface area (Å²) in [5.74, 6) is 0.244. The largest absolute Gasteiger partial charge is 0.337 e. The summed E-state index contributed by atoms with van der Waals surface area (Å²) in [6.07, 6.45) is 4.68. The Morgan fingerprint density at radius 1 is 1.22 bits per heavy atom. The number of hydrogen-bond acceptors (Lipinski definition) is 3. The Bertz CT molecular complexity index is 403. The lowest BCUT2D eigenvalue weighted by molar-refractivity contribution is 0.0771. The number of aryl methyl sites for hydroxylation is 2. The van der Waals surface area contributed by atoms with E-state index in [-0.39, 0.29) is 18.3 Å². The van der Waals surface area contributed by atoms with Gasteiger partial charge in [-0.3, -0.25) is 4.79 Å². The number of hydrogen-bond donors (Lipinski definition) is 1. The maximum atomic E-state index is 12.4. The number of amides is 1. The molecular weight excluding hydrogens is 268 g/mol. The predicted octanol–water partition coefficient (Wildman–Crippen LogP) is 2.09. The molecule has 100 valence electrons. The molecule has 1 N–H and O–H groups in total. The highest BCUT2D eigenvalue weighted by molar-refractivity contribution is 7.14. The second-order valence-electron chi connectivity index (χ2n) is 4.81. The van der Waals surface area contributed by atoms with Gasteiger partial charge in [0.1, 0.15) is 0 Å². The van der Waals surface area contributed by atoms with Gasteiger partial charge in [0, 0.05) is 24.5 Å². The summed E-state index contributed by atoms with van der Waals surface area (Å²) in [6, 6.07) is 2.13. The van der Waals surface area contributed by atoms with Crippen LogP contribution in [-0.4, -0.2) is 37.0 Å². The molecule has 0 bridgehead atoms. The summed E-state index contributed by atoms with van der Waals surface area (Å²) in [4.78, 5) is 16.8. The molecule has 0 atom stereocenters. The molecule has 18 heavy (non-hydrogen) atoms. The summed E-state index contributed by atoms with van der Waals surface area (Å²) in [5, 5.41) is 3.33. The highest BCUT2D eigenvalue weighted by atomic mass is 35.5. The van der Waals surface area contributed by atoms with Crippen LogP contribution in [0.3, 0.4) is 0 Å². The van der Waals surface area contributed by atoms with E-state index in [4.69, 9.17) is 0 Å². The first-order chi connectivity index (χ1) is 8.34. The van der Waals surface area contributed by atoms with Crippen LogP contribution in [0.15, 0.2) is 6.07 Å². The second kappa shape index (κ2) is 6.04. The summed E-state index contributed by atoms with van der Waals surface area (Å²) in [7, 11) is 0. The molecule has 0 spiro atoms. The molecule has 0 unspecified atom stereocenters. The molecule has 3 rings (SSSR count). The van der Waals surface area contributed by atoms with Crippen LogP contribution in [0.5, 0.6) is 0 Å². The molecule has 2 heterocycles. The van der Waals surface area contributed by atoms with Crippen molar-refractivity contribution in [3.05, 3.63) is 21.4 Å². The molecule has 0 saturated carbocycles. The minimum Gasteiger partial charge on any atom is -0.337 e. The van der Waals surface area contributed by atoms with Crippen LogP contribution in [0.4, 0.5) is 0 Å². The topological polar surface area (TPSA) is 32.3 Å². The van der Waals surface area contributed by atoms with Crippen molar-refractivity contribution in [1.29, 1.82) is 0 Å². The van der Waals surface area contributed by atoms with Crippen LogP contribution in [-0.2, 0) is 12.8 Å². The van der Waals surface area contributed by atoms with Crippen molar-refractivity contribution < 1.29 is 4.79 Å². The van der Waals surface area contributed by atoms with Crippen LogP contribution in [0.25, 0.3) is 0 Å². The lowest BCUT2D eigenvalue weighted by Gasteiger charge is -2.18. The van der Waals surface area contributed by atoms with Crippen LogP contribution in [0.2, 0.25) is 0 Å². The number of halogens is 1. The Hall–Kier alpha value is -0.580. The van der Waals surface area contributed by atoms with Crippen molar-refractivity contribution in [2.24, 2.45) is 0 Å². The van der Waals surface area contributed by atoms with E-state index in [1.54, 1.807) is 11.3 Å². The molecule has 0 radical (unpaired) electrons. The summed E-state index contributed by atoms with van der Waals surface area (Å²) >= 11 is 1.72. The molecule has 5 heteroatoms. The normalized spacial score (nSPS) is 19.0. The number of rotatable bonds is 1. The number of carbonyl (C=O) groups is 1. The monoisotopic (exact) mass is 286 g/mol. The third-order valence-corrected chi connectivity index (χ3v) is 4.81. The Balaban J connectivity index is 0.00000120. The molecule has 1 saturated heterocycles. The van der Waals surface area contributed by atoms with Crippen molar-refractivity contribution in [2.75, 3.05) is 26.2 Å². The molecule has 0 aromatic carbocycles. The third kappa shape index (κ3) is 2.71. The fraction of sp³-hybridized carbons (Fsp3) is 0.615. The number of nitrogens with one attached hydrogen (secondary N) is 1. The minimum absolute atomic E-state index is 0. The predicted molar refractivity (Wildman–Crippen MR) is 77.0 cm³/mol. The molecule has 1 aromatic heterocycles. The van der Waals surface area contributed by atoms with Crippen LogP contribution >= 0.6 is 23.7 Å². The van der Waals surface area contributed by atoms with Gasteiger partial charge in [0.2, 0.25) is 0 Å². The SMILES string of the molecule is Cl.O=C(c1cc2c(s1)CCC2)N1CCCNCC1. The number of carbonyl (C=O) groups excluding carboxylic acids is 1. The summed E-state index contributed by atoms with van der Waals surface area (Å²) < 4.78 is 0. The van der Waals surface area contributed by atoms with E-state index in [0.29, 0.717) is 0 Å². The van der Waals surface area contributed by atoms with E-state index in [1.165, 1.54) is 29.7 Å². The van der Waals surface area contributed by atoms with Crippen LogP contribution < -0.4 is 5.32 Å². The van der Waals surface area contributed by atoms with E-state index in [0.717, 1.165) is 37.5 Å². The number of nitrogens with zero attached hydrogens (tertiary/aromatic N) is 1. The highest BCUT2D eigenvalue weighted by Crippen LogP contribution is 2.31. The molecule has 1 aliphatic heterocycles. The Labute approximate surface area is 118 Å². The first kappa shape index (κ1) is 13.8. The fourth-order valence-electron chi connectivity index (χ4n) is 2.64. The van der Waals surface area contributed by atoms with Crippen molar-refractivity contribution in [3.8, 4) is 0 Å². The van der Waals surface area contributed by atoms with Gasteiger partial charge >= 0.3 is 0 Å². The van der Waals surface area contributed by atoms with E-state index < -0.39 is 0 Å². The van der Waals surface area contributed by atoms with Crippen molar-refractivity contribution in [1.82, 2.24) is 10.2 Å². The average Bonchev–Trinajstić information content (AvgIpc) is 2.80. The van der Waals surface area contributed by atoms with Gasteiger partial charge in [-0.1, -0.05) is 0 Å². The second-order valence-corrected chi connectivity index (χ2v) is 5.95. The minimum atomic E-state index is 0. The maximum absolute atomic E-state index is 12.4. The van der Waals surface area contributed by atoms with Crippen molar-refractivity contribution >= 4 is 29.7 Å². The molecule has 1 fully saturated rings. The smallest absolute Gasteiger partial charge is 0.263 e. The van der Waals surface area contributed by atoms with Crippen LogP contribution in [0, 0.1) is 0 Å². The zero-order valence-corrected chi connectivity index (χ0v) is 12.0. The molecule has 1 aliphatic carbocycles. The Morgan fingerprint density at radius 2 is 2.11 bits per heavy atom. The molecular formula is C13H19ClN2OS. The van der Waals surface area contributed by atoms with Crippen molar-refractivity contribution in [2.45, 2.75) is 25.7 Å². The first-order valence-corrected chi connectivity index (χ1v) is 7.28. The molecule has 1 aromatic rings. The van der Waals surface area contributed by atoms with Gasteiger partial charge in [-0.2, -0.15) is 0 Å². The fourth-order valence-corrected chi connectivity index (χ4v) is 3.86. The van der Waals surface area contributed by atoms with E-state index in [9.17, 15) is 4.79 Å². The number of fused-ring (bicyclic) bond motifs is 1. The summed E-state index contributed by atoms with van der Waals surface area (Å²) in [6.45, 7) is 3.71. The Morgan fingerprint density at radius 3 is 2.94 bits per heavy atom. The van der Waals surface area contributed by atoms with Gasteiger partial charge in [-0.25, -0.2) is 0 Å². The summed E-state index contributed by atoms with van der Waals surface area (Å²) in [5.41, 5.74) is 1.42. The quantitative estimate of drug-likeness (QED) is 0.857. The molecule has 2 aliphatic rings. The zero-order valence-electron chi connectivity index (χ0n) is 10.4. The first-order valence-electron chi connectivity index (χ1n) is 6.46. The molecule has 1 amide bonds. The van der Waals surface area contributed by atoms with Gasteiger partial charge in [0.15, 0.2) is 0 Å². The van der Waals surface area contributed by atoms with Gasteiger partial charge < -0.3 is 10.2 Å². The van der Waals surface area contributed by atoms with Gasteiger partial charge in [-0.15, -0.1) is 23.7 Å². The zero-order chi connectivity index (χ0) is 11.7. The lowest BCUT2D eigenvalue weighted by atomic mass is 10.2. The van der Waals surface area contributed by atoms with Gasteiger partial charge in [-0.05, 0) is 43.9 Å². The Kier molecular flexibility index (Phi) is 4.65. The van der Waals surface area contributed by atoms with Gasteiger partial charge in [0.25, 0.3) is 5.91 Å². The highest BCUT2D eigenvalue weighted by Gasteiger charge is 2.22. The van der Waals surface area contributed by atoms with E-state index in [2.05, 4.69) is 11.4 Å². The standard InChI is InChI=1S/C13H18N2OS.ClH/c16-13(15-7-2-5-14-6-8-15)12-9-10-3-1-4-11(10)17-12;/h9,14H,1-8H2;1H. The van der Waals surface area contributed by atoms with Crippen LogP contribution in [0.1, 0.15) is 33.0 Å².